The van der Waals surface area contributed by atoms with Crippen molar-refractivity contribution in [3.63, 3.8) is 0 Å². The zero-order chi connectivity index (χ0) is 24.7. The highest BCUT2D eigenvalue weighted by Crippen LogP contribution is 2.33. The number of nitrogens with zero attached hydrogens (tertiary/aromatic N) is 3. The highest BCUT2D eigenvalue weighted by molar-refractivity contribution is 6.00. The number of carbonyl (C=O) groups excluding carboxylic acids is 2. The highest BCUT2D eigenvalue weighted by Gasteiger charge is 2.20. The Morgan fingerprint density at radius 1 is 1.06 bits per heavy atom. The van der Waals surface area contributed by atoms with Crippen LogP contribution in [0.4, 0.5) is 23.0 Å². The number of para-hydroxylation sites is 1. The van der Waals surface area contributed by atoms with Crippen molar-refractivity contribution in [2.24, 2.45) is 0 Å². The summed E-state index contributed by atoms with van der Waals surface area (Å²) in [5.41, 5.74) is 0.297. The maximum atomic E-state index is 12.6. The van der Waals surface area contributed by atoms with E-state index in [-0.39, 0.29) is 35.1 Å². The van der Waals surface area contributed by atoms with Gasteiger partial charge in [-0.25, -0.2) is 9.78 Å². The third-order valence-electron chi connectivity index (χ3n) is 4.03. The summed E-state index contributed by atoms with van der Waals surface area (Å²) in [6, 6.07) is 11.4. The molecule has 0 atom stereocenters. The van der Waals surface area contributed by atoms with Crippen LogP contribution in [0.5, 0.6) is 5.75 Å². The number of nitrogens with one attached hydrogen (secondary N) is 3. The Kier molecular flexibility index (Phi) is 5.69. The maximum absolute atomic E-state index is 12.6. The fraction of sp³-hybridized carbons (Fsp3) is 0.190. The number of aromatic nitrogens is 3. The predicted molar refractivity (Wildman–Crippen MR) is 115 cm³/mol. The Balaban J connectivity index is 2.03. The molecule has 0 unspecified atom stereocenters. The molecule has 0 spiro atoms. The van der Waals surface area contributed by atoms with Gasteiger partial charge in [0.1, 0.15) is 11.4 Å². The van der Waals surface area contributed by atoms with Crippen LogP contribution >= 0.6 is 0 Å². The lowest BCUT2D eigenvalue weighted by Crippen LogP contribution is -2.21. The second kappa shape index (κ2) is 10.0. The quantitative estimate of drug-likeness (QED) is 0.467. The molecule has 0 bridgehead atoms. The molecule has 160 valence electrons. The highest BCUT2D eigenvalue weighted by atomic mass is 16.5. The molecule has 0 aliphatic rings. The molecule has 2 heterocycles. The molecular formula is C21H22N6O4. The minimum Gasteiger partial charge on any atom is -0.494 e. The lowest BCUT2D eigenvalue weighted by molar-refractivity contribution is 0.0522. The largest absolute Gasteiger partial charge is 0.494 e. The summed E-state index contributed by atoms with van der Waals surface area (Å²) in [6.07, 6.45) is 1.58. The Morgan fingerprint density at radius 2 is 1.94 bits per heavy atom. The van der Waals surface area contributed by atoms with Crippen molar-refractivity contribution in [1.82, 2.24) is 20.5 Å². The van der Waals surface area contributed by atoms with Crippen molar-refractivity contribution < 1.29 is 23.2 Å². The first kappa shape index (κ1) is 17.6. The van der Waals surface area contributed by atoms with E-state index in [1.807, 2.05) is 5.32 Å². The minimum absolute atomic E-state index is 0.106. The van der Waals surface area contributed by atoms with Gasteiger partial charge in [-0.2, -0.15) is 0 Å². The number of rotatable bonds is 8. The lowest BCUT2D eigenvalue weighted by Gasteiger charge is -2.16. The number of hydrogen-bond donors (Lipinski definition) is 3. The summed E-state index contributed by atoms with van der Waals surface area (Å²) in [5, 5.41) is 15.7. The molecule has 0 saturated carbocycles. The van der Waals surface area contributed by atoms with Crippen molar-refractivity contribution in [1.29, 1.82) is 0 Å². The maximum Gasteiger partial charge on any atom is 0.341 e. The van der Waals surface area contributed by atoms with Gasteiger partial charge in [0.15, 0.2) is 17.3 Å². The Labute approximate surface area is 183 Å². The van der Waals surface area contributed by atoms with Crippen LogP contribution < -0.4 is 20.7 Å². The number of ether oxygens (including phenoxy) is 2. The molecule has 3 N–H and O–H groups in total. The molecule has 1 aromatic carbocycles. The normalized spacial score (nSPS) is 12.0. The van der Waals surface area contributed by atoms with Crippen molar-refractivity contribution in [3.8, 4) is 5.75 Å². The van der Waals surface area contributed by atoms with Crippen LogP contribution in [-0.4, -0.2) is 47.8 Å². The average Bonchev–Trinajstić information content (AvgIpc) is 2.78. The van der Waals surface area contributed by atoms with Gasteiger partial charge in [-0.05, 0) is 31.2 Å². The van der Waals surface area contributed by atoms with Crippen molar-refractivity contribution in [3.05, 3.63) is 59.9 Å². The number of esters is 1. The van der Waals surface area contributed by atoms with Crippen LogP contribution in [-0.2, 0) is 4.74 Å². The van der Waals surface area contributed by atoms with Crippen LogP contribution in [0.2, 0.25) is 0 Å². The van der Waals surface area contributed by atoms with E-state index < -0.39 is 18.9 Å². The van der Waals surface area contributed by atoms with E-state index in [9.17, 15) is 9.59 Å². The third kappa shape index (κ3) is 5.04. The zero-order valence-electron chi connectivity index (χ0n) is 19.8. The van der Waals surface area contributed by atoms with Crippen LogP contribution in [0.1, 0.15) is 31.9 Å². The molecule has 10 heteroatoms. The first-order chi connectivity index (χ1) is 16.2. The lowest BCUT2D eigenvalue weighted by atomic mass is 10.1. The molecule has 31 heavy (non-hydrogen) atoms. The second-order valence-corrected chi connectivity index (χ2v) is 6.02. The van der Waals surface area contributed by atoms with Crippen LogP contribution in [0.15, 0.2) is 48.7 Å². The predicted octanol–water partition coefficient (Wildman–Crippen LogP) is 2.90. The van der Waals surface area contributed by atoms with E-state index in [0.29, 0.717) is 11.5 Å². The molecule has 3 rings (SSSR count). The Morgan fingerprint density at radius 3 is 2.65 bits per heavy atom. The van der Waals surface area contributed by atoms with E-state index in [0.717, 1.165) is 0 Å². The molecule has 0 aliphatic heterocycles. The summed E-state index contributed by atoms with van der Waals surface area (Å²) in [5.74, 6) is -0.690. The van der Waals surface area contributed by atoms with E-state index in [2.05, 4.69) is 25.8 Å². The number of benzene rings is 1. The van der Waals surface area contributed by atoms with Crippen LogP contribution in [0.3, 0.4) is 0 Å². The smallest absolute Gasteiger partial charge is 0.341 e. The first-order valence-corrected chi connectivity index (χ1v) is 9.21. The number of amides is 1. The molecular weight excluding hydrogens is 400 g/mol. The molecule has 0 fully saturated rings. The van der Waals surface area contributed by atoms with Gasteiger partial charge >= 0.3 is 5.97 Å². The zero-order valence-corrected chi connectivity index (χ0v) is 16.8. The monoisotopic (exact) mass is 425 g/mol. The van der Waals surface area contributed by atoms with Crippen molar-refractivity contribution >= 4 is 34.9 Å². The van der Waals surface area contributed by atoms with E-state index in [1.165, 1.54) is 19.2 Å². The first-order valence-electron chi connectivity index (χ1n) is 10.7. The van der Waals surface area contributed by atoms with Gasteiger partial charge in [0.05, 0.1) is 25.1 Å². The van der Waals surface area contributed by atoms with Crippen molar-refractivity contribution in [2.75, 3.05) is 31.3 Å². The second-order valence-electron chi connectivity index (χ2n) is 6.02. The molecule has 2 aromatic heterocycles. The molecule has 0 saturated heterocycles. The number of anilines is 4. The summed E-state index contributed by atoms with van der Waals surface area (Å²) < 4.78 is 32.4. The molecule has 1 amide bonds. The van der Waals surface area contributed by atoms with Crippen LogP contribution in [0.25, 0.3) is 0 Å². The average molecular weight is 425 g/mol. The third-order valence-corrected chi connectivity index (χ3v) is 4.03. The SMILES string of the molecule is [2H]C([2H])([2H])NC(=O)c1nnc(Nc2ccccn2)cc1Nc1cccc(C(=O)OCC)c1OC. The fourth-order valence-corrected chi connectivity index (χ4v) is 2.71. The molecule has 0 radical (unpaired) electrons. The van der Waals surface area contributed by atoms with Gasteiger partial charge in [0.25, 0.3) is 5.91 Å². The standard InChI is InChI=1S/C21H22N6O4/c1-4-31-21(29)13-8-7-9-14(19(13)30-3)24-15-12-17(25-16-10-5-6-11-23-16)26-27-18(15)20(28)22-2/h5-12H,4H2,1-3H3,(H,22,28)(H2,23,24,25,26)/i2D3. The van der Waals surface area contributed by atoms with Crippen molar-refractivity contribution in [2.45, 2.75) is 6.92 Å². The summed E-state index contributed by atoms with van der Waals surface area (Å²) in [6.45, 7) is -0.876. The molecule has 0 aliphatic carbocycles. The molecule has 10 nitrogen and oxygen atoms in total. The Bertz CT molecular complexity index is 1170. The van der Waals surface area contributed by atoms with Gasteiger partial charge < -0.3 is 25.4 Å². The molecule has 3 aromatic rings. The number of methoxy groups -OCH3 is 1. The van der Waals surface area contributed by atoms with E-state index in [4.69, 9.17) is 13.6 Å². The number of carbonyl (C=O) groups is 2. The fourth-order valence-electron chi connectivity index (χ4n) is 2.71. The summed E-state index contributed by atoms with van der Waals surface area (Å²) >= 11 is 0. The van der Waals surface area contributed by atoms with E-state index >= 15 is 0 Å². The van der Waals surface area contributed by atoms with Gasteiger partial charge in [0, 0.05) is 23.4 Å². The van der Waals surface area contributed by atoms with E-state index in [1.54, 1.807) is 43.5 Å². The number of hydrogen-bond acceptors (Lipinski definition) is 9. The van der Waals surface area contributed by atoms with Gasteiger partial charge in [-0.1, -0.05) is 12.1 Å². The number of pyridine rings is 1. The Hall–Kier alpha value is -4.21. The van der Waals surface area contributed by atoms with Crippen LogP contribution in [0, 0.1) is 0 Å². The minimum atomic E-state index is -2.73. The van der Waals surface area contributed by atoms with Gasteiger partial charge in [-0.15, -0.1) is 10.2 Å². The van der Waals surface area contributed by atoms with Gasteiger partial charge in [-0.3, -0.25) is 4.79 Å². The summed E-state index contributed by atoms with van der Waals surface area (Å²) in [7, 11) is 1.38. The van der Waals surface area contributed by atoms with Gasteiger partial charge in [0.2, 0.25) is 0 Å². The summed E-state index contributed by atoms with van der Waals surface area (Å²) in [4.78, 5) is 29.1. The topological polar surface area (TPSA) is 127 Å².